The Bertz CT molecular complexity index is 374. The highest BCUT2D eigenvalue weighted by atomic mass is 16.5. The molecule has 1 saturated heterocycles. The molecule has 0 aliphatic carbocycles. The molecule has 2 rings (SSSR count). The van der Waals surface area contributed by atoms with Gasteiger partial charge in [-0.25, -0.2) is 4.68 Å². The summed E-state index contributed by atoms with van der Waals surface area (Å²) in [4.78, 5) is 11.7. The zero-order valence-corrected chi connectivity index (χ0v) is 10.4. The molecule has 1 unspecified atom stereocenters. The highest BCUT2D eigenvalue weighted by Crippen LogP contribution is 2.18. The Balaban J connectivity index is 1.80. The summed E-state index contributed by atoms with van der Waals surface area (Å²) in [5, 5.41) is 16.9. The van der Waals surface area contributed by atoms with Gasteiger partial charge in [-0.05, 0) is 29.8 Å². The standard InChI is InChI=1S/C10H18N6O2/c1-18-7-10(3-2-4-12-10)6-11-9(17)5-16-8-13-14-15-16/h8,12H,2-7H2,1H3,(H,11,17). The van der Waals surface area contributed by atoms with Crippen molar-refractivity contribution in [2.75, 3.05) is 26.8 Å². The van der Waals surface area contributed by atoms with Crippen molar-refractivity contribution in [2.45, 2.75) is 24.9 Å². The van der Waals surface area contributed by atoms with E-state index in [1.807, 2.05) is 0 Å². The van der Waals surface area contributed by atoms with E-state index >= 15 is 0 Å². The van der Waals surface area contributed by atoms with E-state index in [1.54, 1.807) is 7.11 Å². The molecule has 1 atom stereocenters. The number of hydrogen-bond donors (Lipinski definition) is 2. The molecular formula is C10H18N6O2. The van der Waals surface area contributed by atoms with Crippen molar-refractivity contribution in [3.8, 4) is 0 Å². The predicted octanol–water partition coefficient (Wildman–Crippen LogP) is -1.44. The molecule has 0 radical (unpaired) electrons. The lowest BCUT2D eigenvalue weighted by atomic mass is 9.99. The number of aromatic nitrogens is 4. The summed E-state index contributed by atoms with van der Waals surface area (Å²) in [6.45, 7) is 2.25. The summed E-state index contributed by atoms with van der Waals surface area (Å²) >= 11 is 0. The van der Waals surface area contributed by atoms with E-state index in [0.29, 0.717) is 13.2 Å². The fraction of sp³-hybridized carbons (Fsp3) is 0.800. The molecule has 0 saturated carbocycles. The maximum atomic E-state index is 11.7. The van der Waals surface area contributed by atoms with Gasteiger partial charge < -0.3 is 15.4 Å². The van der Waals surface area contributed by atoms with Crippen molar-refractivity contribution in [3.05, 3.63) is 6.33 Å². The molecule has 1 amide bonds. The first-order valence-electron chi connectivity index (χ1n) is 5.95. The van der Waals surface area contributed by atoms with Gasteiger partial charge in [0.05, 0.1) is 12.1 Å². The van der Waals surface area contributed by atoms with Gasteiger partial charge in [0.25, 0.3) is 0 Å². The van der Waals surface area contributed by atoms with Gasteiger partial charge in [0.15, 0.2) is 0 Å². The van der Waals surface area contributed by atoms with Crippen LogP contribution in [0.4, 0.5) is 0 Å². The van der Waals surface area contributed by atoms with Crippen LogP contribution in [0.3, 0.4) is 0 Å². The van der Waals surface area contributed by atoms with Gasteiger partial charge in [-0.2, -0.15) is 0 Å². The second-order valence-corrected chi connectivity index (χ2v) is 4.53. The third-order valence-electron chi connectivity index (χ3n) is 3.07. The molecule has 18 heavy (non-hydrogen) atoms. The van der Waals surface area contributed by atoms with Gasteiger partial charge in [0.2, 0.25) is 5.91 Å². The number of rotatable bonds is 6. The SMILES string of the molecule is COCC1(CNC(=O)Cn2cnnn2)CCCN1. The third-order valence-corrected chi connectivity index (χ3v) is 3.07. The molecule has 100 valence electrons. The number of methoxy groups -OCH3 is 1. The van der Waals surface area contributed by atoms with Gasteiger partial charge in [0.1, 0.15) is 12.9 Å². The largest absolute Gasteiger partial charge is 0.383 e. The Morgan fingerprint density at radius 1 is 1.67 bits per heavy atom. The number of carbonyl (C=O) groups is 1. The minimum Gasteiger partial charge on any atom is -0.383 e. The minimum absolute atomic E-state index is 0.105. The zero-order valence-electron chi connectivity index (χ0n) is 10.4. The molecule has 8 heteroatoms. The Morgan fingerprint density at radius 2 is 2.56 bits per heavy atom. The highest BCUT2D eigenvalue weighted by molar-refractivity contribution is 5.75. The maximum absolute atomic E-state index is 11.7. The van der Waals surface area contributed by atoms with E-state index in [0.717, 1.165) is 19.4 Å². The van der Waals surface area contributed by atoms with Gasteiger partial charge in [0, 0.05) is 13.7 Å². The van der Waals surface area contributed by atoms with Crippen LogP contribution in [-0.2, 0) is 16.1 Å². The minimum atomic E-state index is -0.134. The molecule has 8 nitrogen and oxygen atoms in total. The lowest BCUT2D eigenvalue weighted by molar-refractivity contribution is -0.122. The second-order valence-electron chi connectivity index (χ2n) is 4.53. The van der Waals surface area contributed by atoms with Crippen LogP contribution >= 0.6 is 0 Å². The number of nitrogens with zero attached hydrogens (tertiary/aromatic N) is 4. The number of nitrogens with one attached hydrogen (secondary N) is 2. The maximum Gasteiger partial charge on any atom is 0.241 e. The van der Waals surface area contributed by atoms with Crippen LogP contribution < -0.4 is 10.6 Å². The highest BCUT2D eigenvalue weighted by Gasteiger charge is 2.33. The second kappa shape index (κ2) is 5.87. The number of ether oxygens (including phenoxy) is 1. The van der Waals surface area contributed by atoms with Crippen LogP contribution in [0.25, 0.3) is 0 Å². The van der Waals surface area contributed by atoms with Gasteiger partial charge >= 0.3 is 0 Å². The molecule has 0 bridgehead atoms. The summed E-state index contributed by atoms with van der Waals surface area (Å²) < 4.78 is 6.61. The molecule has 2 N–H and O–H groups in total. The molecule has 1 aromatic rings. The third kappa shape index (κ3) is 3.23. The first-order valence-corrected chi connectivity index (χ1v) is 5.95. The number of hydrogen-bond acceptors (Lipinski definition) is 6. The van der Waals surface area contributed by atoms with E-state index in [4.69, 9.17) is 4.74 Å². The Labute approximate surface area is 105 Å². The lowest BCUT2D eigenvalue weighted by Gasteiger charge is -2.28. The van der Waals surface area contributed by atoms with Gasteiger partial charge in [-0.15, -0.1) is 5.10 Å². The van der Waals surface area contributed by atoms with Crippen LogP contribution in [0.1, 0.15) is 12.8 Å². The lowest BCUT2D eigenvalue weighted by Crippen LogP contribution is -2.53. The molecule has 1 aliphatic heterocycles. The molecular weight excluding hydrogens is 236 g/mol. The average Bonchev–Trinajstić information content (AvgIpc) is 2.99. The van der Waals surface area contributed by atoms with Crippen molar-refractivity contribution in [2.24, 2.45) is 0 Å². The van der Waals surface area contributed by atoms with E-state index in [9.17, 15) is 4.79 Å². The van der Waals surface area contributed by atoms with Gasteiger partial charge in [-0.1, -0.05) is 0 Å². The summed E-state index contributed by atoms with van der Waals surface area (Å²) in [5.74, 6) is -0.105. The molecule has 1 aliphatic rings. The van der Waals surface area contributed by atoms with Crippen molar-refractivity contribution >= 4 is 5.91 Å². The fourth-order valence-electron chi connectivity index (χ4n) is 2.19. The van der Waals surface area contributed by atoms with E-state index in [2.05, 4.69) is 26.2 Å². The van der Waals surface area contributed by atoms with Crippen LogP contribution in [-0.4, -0.2) is 58.5 Å². The topological polar surface area (TPSA) is 94.0 Å². The van der Waals surface area contributed by atoms with Crippen LogP contribution in [0.5, 0.6) is 0 Å². The Hall–Kier alpha value is -1.54. The van der Waals surface area contributed by atoms with Gasteiger partial charge in [-0.3, -0.25) is 4.79 Å². The van der Waals surface area contributed by atoms with Crippen molar-refractivity contribution in [3.63, 3.8) is 0 Å². The fourth-order valence-corrected chi connectivity index (χ4v) is 2.19. The quantitative estimate of drug-likeness (QED) is 0.645. The predicted molar refractivity (Wildman–Crippen MR) is 62.7 cm³/mol. The monoisotopic (exact) mass is 254 g/mol. The molecule has 1 fully saturated rings. The van der Waals surface area contributed by atoms with E-state index in [-0.39, 0.29) is 18.0 Å². The van der Waals surface area contributed by atoms with E-state index < -0.39 is 0 Å². The molecule has 1 aromatic heterocycles. The summed E-state index contributed by atoms with van der Waals surface area (Å²) in [6.07, 6.45) is 3.52. The first kappa shape index (κ1) is 12.9. The smallest absolute Gasteiger partial charge is 0.241 e. The molecule has 2 heterocycles. The molecule has 0 aromatic carbocycles. The van der Waals surface area contributed by atoms with Crippen molar-refractivity contribution in [1.82, 2.24) is 30.8 Å². The summed E-state index contributed by atoms with van der Waals surface area (Å²) in [6, 6.07) is 0. The molecule has 0 spiro atoms. The van der Waals surface area contributed by atoms with Crippen LogP contribution in [0, 0.1) is 0 Å². The van der Waals surface area contributed by atoms with Crippen LogP contribution in [0.15, 0.2) is 6.33 Å². The van der Waals surface area contributed by atoms with Crippen molar-refractivity contribution < 1.29 is 9.53 Å². The number of carbonyl (C=O) groups excluding carboxylic acids is 1. The number of amides is 1. The van der Waals surface area contributed by atoms with Crippen LogP contribution in [0.2, 0.25) is 0 Å². The van der Waals surface area contributed by atoms with E-state index in [1.165, 1.54) is 11.0 Å². The Morgan fingerprint density at radius 3 is 3.17 bits per heavy atom. The number of tetrazole rings is 1. The zero-order chi connectivity index (χ0) is 12.8. The average molecular weight is 254 g/mol. The summed E-state index contributed by atoms with van der Waals surface area (Å²) in [7, 11) is 1.67. The van der Waals surface area contributed by atoms with Crippen molar-refractivity contribution in [1.29, 1.82) is 0 Å². The Kier molecular flexibility index (Phi) is 4.21. The first-order chi connectivity index (χ1) is 8.74. The summed E-state index contributed by atoms with van der Waals surface area (Å²) in [5.41, 5.74) is -0.134. The normalized spacial score (nSPS) is 23.2.